The molecule has 0 aliphatic heterocycles. The lowest BCUT2D eigenvalue weighted by atomic mass is 10.1. The van der Waals surface area contributed by atoms with E-state index in [2.05, 4.69) is 26.2 Å². The number of nitrogens with one attached hydrogen (secondary N) is 2. The molecule has 2 amide bonds. The third kappa shape index (κ3) is 4.10. The number of carbonyl (C=O) groups excluding carboxylic acids is 2. The van der Waals surface area contributed by atoms with Crippen molar-refractivity contribution in [2.75, 3.05) is 5.32 Å². The monoisotopic (exact) mass is 350 g/mol. The molecule has 2 aromatic carbocycles. The summed E-state index contributed by atoms with van der Waals surface area (Å²) >= 11 is 0. The largest absolute Gasteiger partial charge is 0.352 e. The van der Waals surface area contributed by atoms with Gasteiger partial charge in [-0.1, -0.05) is 24.3 Å². The Hall–Kier alpha value is -3.55. The molecule has 0 spiro atoms. The molecule has 3 aromatic rings. The molecule has 1 aromatic heterocycles. The number of carbonyl (C=O) groups is 2. The lowest BCUT2D eigenvalue weighted by Gasteiger charge is -2.08. The van der Waals surface area contributed by atoms with Crippen LogP contribution in [0.1, 0.15) is 22.8 Å². The van der Waals surface area contributed by atoms with Gasteiger partial charge in [-0.05, 0) is 40.3 Å². The molecule has 0 bridgehead atoms. The number of rotatable bonds is 5. The maximum Gasteiger partial charge on any atom is 0.255 e. The van der Waals surface area contributed by atoms with Crippen LogP contribution in [0.5, 0.6) is 0 Å². The number of aromatic nitrogens is 4. The van der Waals surface area contributed by atoms with Crippen molar-refractivity contribution in [2.24, 2.45) is 7.05 Å². The van der Waals surface area contributed by atoms with E-state index in [0.29, 0.717) is 23.6 Å². The molecule has 0 unspecified atom stereocenters. The summed E-state index contributed by atoms with van der Waals surface area (Å²) in [6.45, 7) is 1.90. The molecular weight excluding hydrogens is 332 g/mol. The Morgan fingerprint density at radius 1 is 1.12 bits per heavy atom. The Bertz CT molecular complexity index is 933. The third-order valence-corrected chi connectivity index (χ3v) is 3.76. The Kier molecular flexibility index (Phi) is 5.02. The summed E-state index contributed by atoms with van der Waals surface area (Å²) in [7, 11) is 1.75. The van der Waals surface area contributed by atoms with Gasteiger partial charge in [-0.15, -0.1) is 5.10 Å². The summed E-state index contributed by atoms with van der Waals surface area (Å²) in [5.74, 6) is 0.303. The number of anilines is 1. The lowest BCUT2D eigenvalue weighted by Crippen LogP contribution is -2.19. The van der Waals surface area contributed by atoms with Crippen molar-refractivity contribution < 1.29 is 9.59 Å². The molecule has 8 nitrogen and oxygen atoms in total. The first-order valence-corrected chi connectivity index (χ1v) is 8.00. The van der Waals surface area contributed by atoms with Gasteiger partial charge in [0.05, 0.1) is 0 Å². The van der Waals surface area contributed by atoms with E-state index in [0.717, 1.165) is 11.1 Å². The fraction of sp³-hybridized carbons (Fsp3) is 0.167. The molecular formula is C18H18N6O2. The van der Waals surface area contributed by atoms with Crippen molar-refractivity contribution >= 4 is 17.5 Å². The number of nitrogens with zero attached hydrogens (tertiary/aromatic N) is 4. The van der Waals surface area contributed by atoms with Gasteiger partial charge in [0.2, 0.25) is 5.91 Å². The first-order chi connectivity index (χ1) is 12.5. The van der Waals surface area contributed by atoms with Crippen LogP contribution in [0.15, 0.2) is 48.5 Å². The highest BCUT2D eigenvalue weighted by Crippen LogP contribution is 2.20. The number of aryl methyl sites for hydroxylation is 1. The highest BCUT2D eigenvalue weighted by molar-refractivity contribution is 6.04. The van der Waals surface area contributed by atoms with Crippen molar-refractivity contribution in [1.29, 1.82) is 0 Å². The van der Waals surface area contributed by atoms with Gasteiger partial charge in [-0.3, -0.25) is 9.59 Å². The zero-order valence-electron chi connectivity index (χ0n) is 14.4. The quantitative estimate of drug-likeness (QED) is 0.730. The third-order valence-electron chi connectivity index (χ3n) is 3.76. The van der Waals surface area contributed by atoms with Gasteiger partial charge in [-0.2, -0.15) is 0 Å². The SMILES string of the molecule is CC(=O)NCc1ccc(C(=O)Nc2cccc(-c3nnnn3C)c2)cc1. The van der Waals surface area contributed by atoms with Crippen LogP contribution in [-0.4, -0.2) is 32.0 Å². The Morgan fingerprint density at radius 2 is 1.88 bits per heavy atom. The first kappa shape index (κ1) is 17.3. The second-order valence-electron chi connectivity index (χ2n) is 5.77. The fourth-order valence-electron chi connectivity index (χ4n) is 2.41. The second-order valence-corrected chi connectivity index (χ2v) is 5.77. The summed E-state index contributed by atoms with van der Waals surface area (Å²) in [6, 6.07) is 14.4. The molecule has 2 N–H and O–H groups in total. The molecule has 0 aliphatic rings. The molecule has 26 heavy (non-hydrogen) atoms. The molecule has 0 saturated heterocycles. The summed E-state index contributed by atoms with van der Waals surface area (Å²) in [5, 5.41) is 17.0. The number of hydrogen-bond donors (Lipinski definition) is 2. The second kappa shape index (κ2) is 7.56. The fourth-order valence-corrected chi connectivity index (χ4v) is 2.41. The minimum Gasteiger partial charge on any atom is -0.352 e. The summed E-state index contributed by atoms with van der Waals surface area (Å²) in [5.41, 5.74) is 2.91. The number of tetrazole rings is 1. The molecule has 0 radical (unpaired) electrons. The van der Waals surface area contributed by atoms with Crippen LogP contribution < -0.4 is 10.6 Å². The smallest absolute Gasteiger partial charge is 0.255 e. The zero-order valence-corrected chi connectivity index (χ0v) is 14.4. The van der Waals surface area contributed by atoms with Gasteiger partial charge < -0.3 is 10.6 Å². The van der Waals surface area contributed by atoms with E-state index in [1.807, 2.05) is 30.3 Å². The molecule has 0 saturated carbocycles. The van der Waals surface area contributed by atoms with Crippen LogP contribution in [0.2, 0.25) is 0 Å². The molecule has 0 atom stereocenters. The van der Waals surface area contributed by atoms with Crippen molar-refractivity contribution in [3.63, 3.8) is 0 Å². The predicted octanol–water partition coefficient (Wildman–Crippen LogP) is 1.77. The average Bonchev–Trinajstić information content (AvgIpc) is 3.06. The van der Waals surface area contributed by atoms with E-state index >= 15 is 0 Å². The summed E-state index contributed by atoms with van der Waals surface area (Å²) in [6.07, 6.45) is 0. The van der Waals surface area contributed by atoms with E-state index in [9.17, 15) is 9.59 Å². The van der Waals surface area contributed by atoms with E-state index < -0.39 is 0 Å². The Morgan fingerprint density at radius 3 is 2.54 bits per heavy atom. The normalized spacial score (nSPS) is 10.4. The topological polar surface area (TPSA) is 102 Å². The van der Waals surface area contributed by atoms with E-state index in [1.54, 1.807) is 29.9 Å². The van der Waals surface area contributed by atoms with Gasteiger partial charge in [0.1, 0.15) is 0 Å². The Labute approximate surface area is 150 Å². The lowest BCUT2D eigenvalue weighted by molar-refractivity contribution is -0.119. The number of benzene rings is 2. The maximum absolute atomic E-state index is 12.4. The van der Waals surface area contributed by atoms with Crippen LogP contribution in [0.3, 0.4) is 0 Å². The van der Waals surface area contributed by atoms with Gasteiger partial charge >= 0.3 is 0 Å². The van der Waals surface area contributed by atoms with Crippen LogP contribution >= 0.6 is 0 Å². The van der Waals surface area contributed by atoms with Gasteiger partial charge in [0.15, 0.2) is 5.82 Å². The predicted molar refractivity (Wildman–Crippen MR) is 96.1 cm³/mol. The molecule has 8 heteroatoms. The van der Waals surface area contributed by atoms with Crippen LogP contribution in [0, 0.1) is 0 Å². The van der Waals surface area contributed by atoms with Gasteiger partial charge in [-0.25, -0.2) is 4.68 Å². The highest BCUT2D eigenvalue weighted by atomic mass is 16.2. The highest BCUT2D eigenvalue weighted by Gasteiger charge is 2.09. The minimum atomic E-state index is -0.218. The van der Waals surface area contributed by atoms with Crippen LogP contribution in [0.25, 0.3) is 11.4 Å². The molecule has 132 valence electrons. The van der Waals surface area contributed by atoms with Crippen LogP contribution in [-0.2, 0) is 18.4 Å². The molecule has 0 aliphatic carbocycles. The first-order valence-electron chi connectivity index (χ1n) is 8.00. The standard InChI is InChI=1S/C18H18N6O2/c1-12(25)19-11-13-6-8-14(9-7-13)18(26)20-16-5-3-4-15(10-16)17-21-22-23-24(17)2/h3-10H,11H2,1-2H3,(H,19,25)(H,20,26). The number of hydrogen-bond acceptors (Lipinski definition) is 5. The molecule has 3 rings (SSSR count). The van der Waals surface area contributed by atoms with E-state index in [4.69, 9.17) is 0 Å². The van der Waals surface area contributed by atoms with Gasteiger partial charge in [0.25, 0.3) is 5.91 Å². The van der Waals surface area contributed by atoms with E-state index in [-0.39, 0.29) is 11.8 Å². The van der Waals surface area contributed by atoms with Crippen LogP contribution in [0.4, 0.5) is 5.69 Å². The van der Waals surface area contributed by atoms with Crippen molar-refractivity contribution in [1.82, 2.24) is 25.5 Å². The summed E-state index contributed by atoms with van der Waals surface area (Å²) < 4.78 is 1.56. The van der Waals surface area contributed by atoms with Crippen molar-refractivity contribution in [3.8, 4) is 11.4 Å². The van der Waals surface area contributed by atoms with Crippen molar-refractivity contribution in [3.05, 3.63) is 59.7 Å². The van der Waals surface area contributed by atoms with E-state index in [1.165, 1.54) is 6.92 Å². The van der Waals surface area contributed by atoms with Gasteiger partial charge in [0, 0.05) is 37.3 Å². The number of amides is 2. The zero-order chi connectivity index (χ0) is 18.5. The van der Waals surface area contributed by atoms with Crippen molar-refractivity contribution in [2.45, 2.75) is 13.5 Å². The molecule has 0 fully saturated rings. The maximum atomic E-state index is 12.4. The Balaban J connectivity index is 1.70. The summed E-state index contributed by atoms with van der Waals surface area (Å²) in [4.78, 5) is 23.4. The average molecular weight is 350 g/mol. The molecule has 1 heterocycles. The minimum absolute atomic E-state index is 0.0928.